The molecule has 4 nitrogen and oxygen atoms in total. The number of nitrogens with zero attached hydrogens (tertiary/aromatic N) is 4. The van der Waals surface area contributed by atoms with Crippen LogP contribution in [0.2, 0.25) is 0 Å². The van der Waals surface area contributed by atoms with Crippen molar-refractivity contribution in [2.45, 2.75) is 0 Å². The predicted molar refractivity (Wildman–Crippen MR) is 216 cm³/mol. The molecule has 6 heteroatoms. The second kappa shape index (κ2) is 11.2. The highest BCUT2D eigenvalue weighted by Crippen LogP contribution is 2.42. The van der Waals surface area contributed by atoms with Gasteiger partial charge in [0.2, 0.25) is 0 Å². The van der Waals surface area contributed by atoms with Gasteiger partial charge in [0, 0.05) is 73.5 Å². The minimum atomic E-state index is 0.666. The van der Waals surface area contributed by atoms with Crippen molar-refractivity contribution in [1.29, 1.82) is 0 Å². The number of rotatable bonds is 4. The topological polar surface area (TPSA) is 43.6 Å². The fourth-order valence-electron chi connectivity index (χ4n) is 7.45. The van der Waals surface area contributed by atoms with E-state index in [0.29, 0.717) is 17.5 Å². The molecule has 0 saturated heterocycles. The van der Waals surface area contributed by atoms with Gasteiger partial charge in [-0.15, -0.1) is 22.7 Å². The fraction of sp³-hybridized carbons (Fsp3) is 0. The maximum atomic E-state index is 4.98. The van der Waals surface area contributed by atoms with Crippen molar-refractivity contribution >= 4 is 84.8 Å². The van der Waals surface area contributed by atoms with Crippen LogP contribution in [0, 0.1) is 0 Å². The molecule has 0 atom stereocenters. The van der Waals surface area contributed by atoms with Gasteiger partial charge in [0.15, 0.2) is 17.5 Å². The molecule has 0 bridgehead atoms. The molecule has 4 heterocycles. The van der Waals surface area contributed by atoms with E-state index in [1.807, 2.05) is 83.3 Å². The monoisotopic (exact) mass is 686 g/mol. The summed E-state index contributed by atoms with van der Waals surface area (Å²) in [5, 5.41) is 7.66. The molecule has 0 unspecified atom stereocenters. The predicted octanol–water partition coefficient (Wildman–Crippen LogP) is 12.7. The zero-order chi connectivity index (χ0) is 33.5. The lowest BCUT2D eigenvalue weighted by atomic mass is 10.1. The van der Waals surface area contributed by atoms with Gasteiger partial charge in [-0.05, 0) is 48.5 Å². The van der Waals surface area contributed by atoms with E-state index in [1.54, 1.807) is 0 Å². The zero-order valence-electron chi connectivity index (χ0n) is 27.1. The maximum Gasteiger partial charge on any atom is 0.164 e. The third kappa shape index (κ3) is 4.54. The molecule has 11 rings (SSSR count). The van der Waals surface area contributed by atoms with Crippen LogP contribution >= 0.6 is 22.7 Å². The zero-order valence-corrected chi connectivity index (χ0v) is 28.7. The average molecular weight is 687 g/mol. The second-order valence-electron chi connectivity index (χ2n) is 12.8. The molecule has 0 saturated carbocycles. The van der Waals surface area contributed by atoms with Crippen LogP contribution < -0.4 is 0 Å². The van der Waals surface area contributed by atoms with Crippen LogP contribution in [0.15, 0.2) is 158 Å². The molecule has 0 fully saturated rings. The van der Waals surface area contributed by atoms with Gasteiger partial charge >= 0.3 is 0 Å². The van der Waals surface area contributed by atoms with Gasteiger partial charge in [-0.25, -0.2) is 15.0 Å². The first-order valence-corrected chi connectivity index (χ1v) is 18.6. The Kier molecular flexibility index (Phi) is 6.26. The highest BCUT2D eigenvalue weighted by Gasteiger charge is 2.18. The van der Waals surface area contributed by atoms with Gasteiger partial charge in [-0.3, -0.25) is 0 Å². The largest absolute Gasteiger partial charge is 0.309 e. The van der Waals surface area contributed by atoms with Crippen molar-refractivity contribution in [2.75, 3.05) is 0 Å². The average Bonchev–Trinajstić information content (AvgIpc) is 3.86. The standard InChI is InChI=1S/C45H26N4S2/c1-3-11-27(12-4-1)43-46-44(28-13-5-2-6-14-28)48-45(47-43)29-19-21-33-35-24-30(20-22-40(35)51-41(33)23-29)49-37-17-9-7-15-31(37)34-26-42-36(25-38(34)49)32-16-8-10-18-39(32)50-42/h1-26H. The molecule has 11 aromatic rings. The summed E-state index contributed by atoms with van der Waals surface area (Å²) >= 11 is 3.68. The van der Waals surface area contributed by atoms with E-state index >= 15 is 0 Å². The van der Waals surface area contributed by atoms with Gasteiger partial charge in [-0.2, -0.15) is 0 Å². The Balaban J connectivity index is 1.08. The van der Waals surface area contributed by atoms with Crippen molar-refractivity contribution in [1.82, 2.24) is 19.5 Å². The van der Waals surface area contributed by atoms with E-state index in [-0.39, 0.29) is 0 Å². The molecular weight excluding hydrogens is 661 g/mol. The van der Waals surface area contributed by atoms with Gasteiger partial charge in [0.25, 0.3) is 0 Å². The van der Waals surface area contributed by atoms with E-state index in [0.717, 1.165) is 22.4 Å². The molecule has 4 aromatic heterocycles. The molecule has 51 heavy (non-hydrogen) atoms. The molecular formula is C45H26N4S2. The minimum absolute atomic E-state index is 0.666. The van der Waals surface area contributed by atoms with Crippen molar-refractivity contribution in [3.63, 3.8) is 0 Å². The lowest BCUT2D eigenvalue weighted by Crippen LogP contribution is -1.99. The normalized spacial score (nSPS) is 11.9. The van der Waals surface area contributed by atoms with Crippen LogP contribution in [-0.2, 0) is 0 Å². The number of benzene rings is 7. The summed E-state index contributed by atoms with van der Waals surface area (Å²) in [6, 6.07) is 56.1. The summed E-state index contributed by atoms with van der Waals surface area (Å²) in [6.45, 7) is 0. The molecule has 238 valence electrons. The Bertz CT molecular complexity index is 3080. The second-order valence-corrected chi connectivity index (χ2v) is 15.0. The SMILES string of the molecule is c1ccc(-c2nc(-c3ccccc3)nc(-c3ccc4c(c3)sc3ccc(-n5c6ccccc6c6cc7sc8ccccc8c7cc65)cc34)n2)cc1. The van der Waals surface area contributed by atoms with Crippen LogP contribution in [0.4, 0.5) is 0 Å². The number of hydrogen-bond donors (Lipinski definition) is 0. The van der Waals surface area contributed by atoms with E-state index in [4.69, 9.17) is 15.0 Å². The Morgan fingerprint density at radius 2 is 0.902 bits per heavy atom. The Morgan fingerprint density at radius 3 is 1.65 bits per heavy atom. The van der Waals surface area contributed by atoms with Crippen LogP contribution in [0.1, 0.15) is 0 Å². The molecule has 0 aliphatic heterocycles. The molecule has 0 N–H and O–H groups in total. The number of para-hydroxylation sites is 1. The minimum Gasteiger partial charge on any atom is -0.309 e. The van der Waals surface area contributed by atoms with Crippen LogP contribution in [-0.4, -0.2) is 19.5 Å². The smallest absolute Gasteiger partial charge is 0.164 e. The Hall–Kier alpha value is -6.21. The molecule has 7 aromatic carbocycles. The number of aromatic nitrogens is 4. The van der Waals surface area contributed by atoms with E-state index in [2.05, 4.69) is 102 Å². The van der Waals surface area contributed by atoms with E-state index < -0.39 is 0 Å². The summed E-state index contributed by atoms with van der Waals surface area (Å²) in [5.41, 5.74) is 6.51. The van der Waals surface area contributed by atoms with Crippen LogP contribution in [0.3, 0.4) is 0 Å². The highest BCUT2D eigenvalue weighted by atomic mass is 32.1. The first kappa shape index (κ1) is 28.6. The summed E-state index contributed by atoms with van der Waals surface area (Å²) < 4.78 is 7.55. The molecule has 0 radical (unpaired) electrons. The lowest BCUT2D eigenvalue weighted by Gasteiger charge is -2.09. The highest BCUT2D eigenvalue weighted by molar-refractivity contribution is 7.26. The fourth-order valence-corrected chi connectivity index (χ4v) is 9.70. The Morgan fingerprint density at radius 1 is 0.333 bits per heavy atom. The van der Waals surface area contributed by atoms with Crippen molar-refractivity contribution in [3.05, 3.63) is 158 Å². The van der Waals surface area contributed by atoms with Gasteiger partial charge in [0.1, 0.15) is 0 Å². The third-order valence-corrected chi connectivity index (χ3v) is 12.1. The van der Waals surface area contributed by atoms with Crippen molar-refractivity contribution in [3.8, 4) is 39.9 Å². The molecule has 0 amide bonds. The third-order valence-electron chi connectivity index (χ3n) is 9.84. The van der Waals surface area contributed by atoms with E-state index in [9.17, 15) is 0 Å². The Labute approximate surface area is 300 Å². The molecule has 0 aliphatic carbocycles. The van der Waals surface area contributed by atoms with E-state index in [1.165, 1.54) is 62.2 Å². The summed E-state index contributed by atoms with van der Waals surface area (Å²) in [5.74, 6) is 2.00. The maximum absolute atomic E-state index is 4.98. The van der Waals surface area contributed by atoms with Gasteiger partial charge < -0.3 is 4.57 Å². The quantitative estimate of drug-likeness (QED) is 0.185. The van der Waals surface area contributed by atoms with Crippen LogP contribution in [0.25, 0.3) is 102 Å². The van der Waals surface area contributed by atoms with Crippen molar-refractivity contribution < 1.29 is 0 Å². The first-order valence-electron chi connectivity index (χ1n) is 16.9. The number of thiophene rings is 2. The first-order chi connectivity index (χ1) is 25.2. The summed E-state index contributed by atoms with van der Waals surface area (Å²) in [6.07, 6.45) is 0. The van der Waals surface area contributed by atoms with Crippen molar-refractivity contribution in [2.24, 2.45) is 0 Å². The summed E-state index contributed by atoms with van der Waals surface area (Å²) in [4.78, 5) is 14.8. The number of fused-ring (bicyclic) bond motifs is 9. The van der Waals surface area contributed by atoms with Gasteiger partial charge in [0.05, 0.1) is 11.0 Å². The lowest BCUT2D eigenvalue weighted by molar-refractivity contribution is 1.07. The molecule has 0 aliphatic rings. The van der Waals surface area contributed by atoms with Crippen LogP contribution in [0.5, 0.6) is 0 Å². The number of hydrogen-bond acceptors (Lipinski definition) is 5. The van der Waals surface area contributed by atoms with Gasteiger partial charge in [-0.1, -0.05) is 109 Å². The molecule has 0 spiro atoms. The summed E-state index contributed by atoms with van der Waals surface area (Å²) in [7, 11) is 0.